The molecule has 2 fully saturated rings. The second-order valence-electron chi connectivity index (χ2n) is 10.7. The van der Waals surface area contributed by atoms with Crippen molar-refractivity contribution >= 4 is 44.4 Å². The van der Waals surface area contributed by atoms with Crippen molar-refractivity contribution in [1.29, 1.82) is 0 Å². The molecule has 3 rings (SSSR count). The summed E-state index contributed by atoms with van der Waals surface area (Å²) in [5.41, 5.74) is 1.72. The van der Waals surface area contributed by atoms with Crippen LogP contribution in [0.3, 0.4) is 0 Å². The molecule has 2 aliphatic rings. The van der Waals surface area contributed by atoms with Crippen LogP contribution in [-0.4, -0.2) is 38.1 Å². The van der Waals surface area contributed by atoms with E-state index in [1.807, 2.05) is 23.5 Å². The van der Waals surface area contributed by atoms with Gasteiger partial charge >= 0.3 is 7.12 Å². The highest BCUT2D eigenvalue weighted by Gasteiger charge is 2.52. The molecule has 2 aliphatic heterocycles. The van der Waals surface area contributed by atoms with Gasteiger partial charge in [-0.15, -0.1) is 23.5 Å². The topological polar surface area (TPSA) is 27.7 Å². The predicted octanol–water partition coefficient (Wildman–Crippen LogP) is 6.24. The summed E-state index contributed by atoms with van der Waals surface area (Å²) in [6, 6.07) is 6.57. The quantitative estimate of drug-likeness (QED) is 0.504. The molecule has 0 bridgehead atoms. The minimum Gasteiger partial charge on any atom is -0.543 e. The minimum absolute atomic E-state index is 0.168. The summed E-state index contributed by atoms with van der Waals surface area (Å²) in [5, 5.41) is 0.168. The number of thioether (sulfide) groups is 2. The first-order chi connectivity index (χ1) is 13.2. The monoisotopic (exact) mass is 452 g/mol. The van der Waals surface area contributed by atoms with Gasteiger partial charge in [0, 0.05) is 5.56 Å². The third-order valence-corrected chi connectivity index (χ3v) is 14.1. The third kappa shape index (κ3) is 4.89. The maximum absolute atomic E-state index is 6.78. The van der Waals surface area contributed by atoms with Crippen LogP contribution in [0.25, 0.3) is 0 Å². The number of rotatable bonds is 4. The summed E-state index contributed by atoms with van der Waals surface area (Å²) in [4.78, 5) is 0. The van der Waals surface area contributed by atoms with Crippen molar-refractivity contribution in [2.75, 3.05) is 11.5 Å². The first-order valence-electron chi connectivity index (χ1n) is 10.7. The molecule has 0 N–H and O–H groups in total. The smallest absolute Gasteiger partial charge is 0.494 e. The Bertz CT molecular complexity index is 724. The maximum atomic E-state index is 6.78. The van der Waals surface area contributed by atoms with E-state index in [0.29, 0.717) is 4.58 Å². The lowest BCUT2D eigenvalue weighted by molar-refractivity contribution is 0.00578. The minimum atomic E-state index is -1.92. The SMILES string of the molecule is CC1(C)OB(c2ccc(O[Si](C)(C)C(C)(C)C)c(C3SCCCS3)c2)OC1(C)C. The molecule has 2 heterocycles. The molecule has 0 unspecified atom stereocenters. The Balaban J connectivity index is 1.96. The molecule has 1 aromatic carbocycles. The second-order valence-corrected chi connectivity index (χ2v) is 18.1. The van der Waals surface area contributed by atoms with Crippen LogP contribution in [0.1, 0.15) is 65.0 Å². The van der Waals surface area contributed by atoms with Gasteiger partial charge in [-0.05, 0) is 75.3 Å². The van der Waals surface area contributed by atoms with Gasteiger partial charge in [-0.2, -0.15) is 0 Å². The van der Waals surface area contributed by atoms with Gasteiger partial charge in [-0.3, -0.25) is 0 Å². The van der Waals surface area contributed by atoms with Crippen LogP contribution in [0.15, 0.2) is 18.2 Å². The highest BCUT2D eigenvalue weighted by molar-refractivity contribution is 8.16. The first-order valence-corrected chi connectivity index (χ1v) is 15.7. The zero-order chi connectivity index (χ0) is 21.7. The zero-order valence-electron chi connectivity index (χ0n) is 19.5. The molecule has 3 nitrogen and oxygen atoms in total. The average Bonchev–Trinajstić information content (AvgIpc) is 2.82. The van der Waals surface area contributed by atoms with Crippen LogP contribution < -0.4 is 9.89 Å². The van der Waals surface area contributed by atoms with Gasteiger partial charge in [-0.25, -0.2) is 0 Å². The molecule has 0 saturated carbocycles. The summed E-state index contributed by atoms with van der Waals surface area (Å²) in [6.07, 6.45) is 1.28. The Kier molecular flexibility index (Phi) is 6.60. The van der Waals surface area contributed by atoms with Gasteiger partial charge in [0.25, 0.3) is 0 Å². The molecule has 7 heteroatoms. The fourth-order valence-electron chi connectivity index (χ4n) is 3.07. The molecule has 0 aromatic heterocycles. The van der Waals surface area contributed by atoms with E-state index in [9.17, 15) is 0 Å². The van der Waals surface area contributed by atoms with Gasteiger partial charge in [0.2, 0.25) is 8.32 Å². The summed E-state index contributed by atoms with van der Waals surface area (Å²) in [7, 11) is -2.25. The first kappa shape index (κ1) is 23.6. The third-order valence-electron chi connectivity index (χ3n) is 6.81. The van der Waals surface area contributed by atoms with E-state index in [1.165, 1.54) is 23.5 Å². The van der Waals surface area contributed by atoms with Crippen LogP contribution in [0, 0.1) is 0 Å². The highest BCUT2D eigenvalue weighted by atomic mass is 32.2. The Labute approximate surface area is 187 Å². The van der Waals surface area contributed by atoms with E-state index in [2.05, 4.69) is 79.8 Å². The fraction of sp³-hybridized carbons (Fsp3) is 0.727. The highest BCUT2D eigenvalue weighted by Crippen LogP contribution is 2.48. The summed E-state index contributed by atoms with van der Waals surface area (Å²) >= 11 is 4.06. The van der Waals surface area contributed by atoms with Crippen molar-refractivity contribution in [2.24, 2.45) is 0 Å². The van der Waals surface area contributed by atoms with Crippen LogP contribution in [0.4, 0.5) is 0 Å². The molecule has 0 amide bonds. The molecular weight excluding hydrogens is 415 g/mol. The van der Waals surface area contributed by atoms with Crippen LogP contribution in [0.2, 0.25) is 18.1 Å². The average molecular weight is 453 g/mol. The van der Waals surface area contributed by atoms with Crippen molar-refractivity contribution in [3.05, 3.63) is 23.8 Å². The molecular formula is C22H37BO3S2Si. The Morgan fingerprint density at radius 2 is 1.59 bits per heavy atom. The van der Waals surface area contributed by atoms with Crippen molar-refractivity contribution in [2.45, 2.75) is 88.8 Å². The number of hydrogen-bond donors (Lipinski definition) is 0. The van der Waals surface area contributed by atoms with E-state index >= 15 is 0 Å². The number of hydrogen-bond acceptors (Lipinski definition) is 5. The van der Waals surface area contributed by atoms with Crippen LogP contribution in [-0.2, 0) is 9.31 Å². The van der Waals surface area contributed by atoms with Gasteiger partial charge in [0.1, 0.15) is 5.75 Å². The normalized spacial score (nSPS) is 22.7. The van der Waals surface area contributed by atoms with Crippen molar-refractivity contribution in [3.8, 4) is 5.75 Å². The van der Waals surface area contributed by atoms with E-state index in [0.717, 1.165) is 11.2 Å². The van der Waals surface area contributed by atoms with E-state index < -0.39 is 8.32 Å². The lowest BCUT2D eigenvalue weighted by atomic mass is 9.78. The predicted molar refractivity (Wildman–Crippen MR) is 132 cm³/mol. The molecule has 0 atom stereocenters. The molecule has 2 saturated heterocycles. The largest absolute Gasteiger partial charge is 0.543 e. The lowest BCUT2D eigenvalue weighted by Crippen LogP contribution is -2.44. The Morgan fingerprint density at radius 1 is 1.03 bits per heavy atom. The maximum Gasteiger partial charge on any atom is 0.494 e. The fourth-order valence-corrected chi connectivity index (χ4v) is 7.03. The Hall–Kier alpha value is -0.0782. The van der Waals surface area contributed by atoms with Crippen molar-refractivity contribution < 1.29 is 13.7 Å². The summed E-state index contributed by atoms with van der Waals surface area (Å²) < 4.78 is 19.8. The molecule has 29 heavy (non-hydrogen) atoms. The Morgan fingerprint density at radius 3 is 2.10 bits per heavy atom. The lowest BCUT2D eigenvalue weighted by Gasteiger charge is -2.38. The summed E-state index contributed by atoms with van der Waals surface area (Å²) in [6.45, 7) is 19.9. The van der Waals surface area contributed by atoms with E-state index in [4.69, 9.17) is 13.7 Å². The van der Waals surface area contributed by atoms with Crippen molar-refractivity contribution in [3.63, 3.8) is 0 Å². The van der Waals surface area contributed by atoms with Gasteiger partial charge in [0.15, 0.2) is 0 Å². The summed E-state index contributed by atoms with van der Waals surface area (Å²) in [5.74, 6) is 3.46. The molecule has 0 spiro atoms. The molecule has 1 aromatic rings. The van der Waals surface area contributed by atoms with Crippen molar-refractivity contribution in [1.82, 2.24) is 0 Å². The van der Waals surface area contributed by atoms with E-state index in [1.54, 1.807) is 0 Å². The standard InChI is InChI=1S/C22H37BO3S2Si/c1-20(2,3)29(8,9)24-18-12-11-16(15-17(18)19-27-13-10-14-28-19)23-25-21(4,5)22(6,7)26-23/h11-12,15,19H,10,13-14H2,1-9H3. The van der Waals surface area contributed by atoms with Gasteiger partial charge in [-0.1, -0.05) is 32.9 Å². The van der Waals surface area contributed by atoms with Crippen LogP contribution in [0.5, 0.6) is 5.75 Å². The van der Waals surface area contributed by atoms with Gasteiger partial charge in [0.05, 0.1) is 15.8 Å². The molecule has 162 valence electrons. The van der Waals surface area contributed by atoms with Crippen LogP contribution >= 0.6 is 23.5 Å². The van der Waals surface area contributed by atoms with Gasteiger partial charge < -0.3 is 13.7 Å². The number of benzene rings is 1. The zero-order valence-corrected chi connectivity index (χ0v) is 22.2. The van der Waals surface area contributed by atoms with E-state index in [-0.39, 0.29) is 23.4 Å². The molecule has 0 aliphatic carbocycles. The second kappa shape index (κ2) is 8.12. The molecule has 0 radical (unpaired) electrons.